The summed E-state index contributed by atoms with van der Waals surface area (Å²) in [6, 6.07) is 16.0. The number of carbonyl (C=O) groups is 1. The molecule has 0 aliphatic carbocycles. The number of likely N-dealkylation sites (N-methyl/N-ethyl adjacent to an activating group) is 1. The number of Topliss-reactive ketones (excluding diaryl/α,β-unsaturated/α-hetero) is 1. The van der Waals surface area contributed by atoms with Gasteiger partial charge in [-0.05, 0) is 50.0 Å². The molecule has 0 bridgehead atoms. The van der Waals surface area contributed by atoms with Crippen molar-refractivity contribution in [2.75, 3.05) is 25.5 Å². The fourth-order valence-corrected chi connectivity index (χ4v) is 3.73. The minimum absolute atomic E-state index is 0.141. The second kappa shape index (κ2) is 9.52. The van der Waals surface area contributed by atoms with Gasteiger partial charge in [0.2, 0.25) is 0 Å². The van der Waals surface area contributed by atoms with Crippen molar-refractivity contribution in [3.8, 4) is 0 Å². The third-order valence-electron chi connectivity index (χ3n) is 5.24. The maximum atomic E-state index is 12.7. The SMILES string of the molecule is C=CCN(C)CCCCCc1ccc2c(c1)CC(C(=O)c1ccccc1)N2. The van der Waals surface area contributed by atoms with Gasteiger partial charge in [-0.2, -0.15) is 0 Å². The van der Waals surface area contributed by atoms with Crippen LogP contribution in [0, 0.1) is 0 Å². The Morgan fingerprint density at radius 3 is 2.78 bits per heavy atom. The molecule has 0 radical (unpaired) electrons. The van der Waals surface area contributed by atoms with Crippen molar-refractivity contribution in [2.24, 2.45) is 0 Å². The van der Waals surface area contributed by atoms with Gasteiger partial charge in [0.25, 0.3) is 0 Å². The first-order valence-corrected chi connectivity index (χ1v) is 9.94. The summed E-state index contributed by atoms with van der Waals surface area (Å²) in [5.41, 5.74) is 4.54. The highest BCUT2D eigenvalue weighted by Crippen LogP contribution is 2.29. The predicted molar refractivity (Wildman–Crippen MR) is 114 cm³/mol. The van der Waals surface area contributed by atoms with Crippen molar-refractivity contribution < 1.29 is 4.79 Å². The maximum Gasteiger partial charge on any atom is 0.185 e. The quantitative estimate of drug-likeness (QED) is 0.376. The molecule has 3 nitrogen and oxygen atoms in total. The number of aryl methyl sites for hydroxylation is 1. The van der Waals surface area contributed by atoms with Gasteiger partial charge in [0.15, 0.2) is 5.78 Å². The predicted octanol–water partition coefficient (Wildman–Crippen LogP) is 4.74. The van der Waals surface area contributed by atoms with E-state index in [1.165, 1.54) is 30.4 Å². The standard InChI is InChI=1S/C24H30N2O/c1-3-15-26(2)16-9-5-6-10-19-13-14-22-21(17-19)18-23(25-22)24(27)20-11-7-4-8-12-20/h3-4,7-8,11-14,17,23,25H,1,5-6,9-10,15-16,18H2,2H3. The first kappa shape index (κ1) is 19.4. The summed E-state index contributed by atoms with van der Waals surface area (Å²) >= 11 is 0. The summed E-state index contributed by atoms with van der Waals surface area (Å²) in [6.07, 6.45) is 7.52. The van der Waals surface area contributed by atoms with E-state index in [0.29, 0.717) is 0 Å². The van der Waals surface area contributed by atoms with E-state index in [4.69, 9.17) is 0 Å². The molecule has 0 saturated carbocycles. The van der Waals surface area contributed by atoms with Gasteiger partial charge in [-0.3, -0.25) is 4.79 Å². The fraction of sp³-hybridized carbons (Fsp3) is 0.375. The van der Waals surface area contributed by atoms with Crippen LogP contribution < -0.4 is 5.32 Å². The molecule has 1 aliphatic rings. The van der Waals surface area contributed by atoms with Gasteiger partial charge in [-0.1, -0.05) is 55.0 Å². The monoisotopic (exact) mass is 362 g/mol. The number of hydrogen-bond acceptors (Lipinski definition) is 3. The van der Waals surface area contributed by atoms with Gasteiger partial charge >= 0.3 is 0 Å². The number of anilines is 1. The number of fused-ring (bicyclic) bond motifs is 1. The molecule has 1 heterocycles. The highest BCUT2D eigenvalue weighted by atomic mass is 16.1. The van der Waals surface area contributed by atoms with Gasteiger partial charge in [-0.15, -0.1) is 6.58 Å². The molecule has 0 amide bonds. The van der Waals surface area contributed by atoms with Crippen molar-refractivity contribution >= 4 is 11.5 Å². The van der Waals surface area contributed by atoms with E-state index < -0.39 is 0 Å². The number of nitrogens with one attached hydrogen (secondary N) is 1. The lowest BCUT2D eigenvalue weighted by molar-refractivity contribution is 0.0971. The zero-order chi connectivity index (χ0) is 19.1. The Bertz CT molecular complexity index is 769. The van der Waals surface area contributed by atoms with E-state index in [-0.39, 0.29) is 11.8 Å². The molecule has 0 spiro atoms. The number of benzene rings is 2. The van der Waals surface area contributed by atoms with Crippen LogP contribution in [0.15, 0.2) is 61.2 Å². The smallest absolute Gasteiger partial charge is 0.185 e. The van der Waals surface area contributed by atoms with Crippen molar-refractivity contribution in [3.63, 3.8) is 0 Å². The molecule has 2 aromatic rings. The molecule has 0 aromatic heterocycles. The number of nitrogens with zero attached hydrogens (tertiary/aromatic N) is 1. The number of carbonyl (C=O) groups excluding carboxylic acids is 1. The Labute approximate surface area is 163 Å². The highest BCUT2D eigenvalue weighted by molar-refractivity contribution is 6.02. The Kier molecular flexibility index (Phi) is 6.83. The molecular formula is C24H30N2O. The largest absolute Gasteiger partial charge is 0.374 e. The molecule has 0 saturated heterocycles. The number of ketones is 1. The van der Waals surface area contributed by atoms with Crippen LogP contribution >= 0.6 is 0 Å². The minimum atomic E-state index is -0.141. The first-order valence-electron chi connectivity index (χ1n) is 9.94. The molecule has 142 valence electrons. The van der Waals surface area contributed by atoms with Crippen LogP contribution in [-0.2, 0) is 12.8 Å². The van der Waals surface area contributed by atoms with Crippen molar-refractivity contribution in [1.29, 1.82) is 0 Å². The summed E-state index contributed by atoms with van der Waals surface area (Å²) in [4.78, 5) is 15.0. The molecule has 27 heavy (non-hydrogen) atoms. The minimum Gasteiger partial charge on any atom is -0.374 e. The van der Waals surface area contributed by atoms with Crippen molar-refractivity contribution in [2.45, 2.75) is 38.1 Å². The van der Waals surface area contributed by atoms with Gasteiger partial charge in [0.1, 0.15) is 0 Å². The molecule has 3 rings (SSSR count). The Hall–Kier alpha value is -2.39. The molecule has 2 aromatic carbocycles. The molecular weight excluding hydrogens is 332 g/mol. The third-order valence-corrected chi connectivity index (χ3v) is 5.24. The molecule has 0 fully saturated rings. The lowest BCUT2D eigenvalue weighted by Crippen LogP contribution is -2.26. The number of unbranched alkanes of at least 4 members (excludes halogenated alkanes) is 2. The summed E-state index contributed by atoms with van der Waals surface area (Å²) in [5, 5.41) is 3.40. The van der Waals surface area contributed by atoms with Crippen LogP contribution in [0.25, 0.3) is 0 Å². The molecule has 1 aliphatic heterocycles. The average Bonchev–Trinajstić information content (AvgIpc) is 3.11. The Morgan fingerprint density at radius 1 is 1.19 bits per heavy atom. The van der Waals surface area contributed by atoms with Crippen LogP contribution in [0.1, 0.15) is 40.7 Å². The number of rotatable bonds is 10. The molecule has 1 atom stereocenters. The second-order valence-corrected chi connectivity index (χ2v) is 7.48. The Morgan fingerprint density at radius 2 is 2.00 bits per heavy atom. The second-order valence-electron chi connectivity index (χ2n) is 7.48. The highest BCUT2D eigenvalue weighted by Gasteiger charge is 2.27. The van der Waals surface area contributed by atoms with E-state index in [9.17, 15) is 4.79 Å². The van der Waals surface area contributed by atoms with Crippen LogP contribution in [0.2, 0.25) is 0 Å². The number of hydrogen-bond donors (Lipinski definition) is 1. The zero-order valence-corrected chi connectivity index (χ0v) is 16.3. The van der Waals surface area contributed by atoms with Gasteiger partial charge in [0.05, 0.1) is 6.04 Å². The third kappa shape index (κ3) is 5.30. The summed E-state index contributed by atoms with van der Waals surface area (Å²) in [5.74, 6) is 0.178. The van der Waals surface area contributed by atoms with E-state index in [1.807, 2.05) is 36.4 Å². The zero-order valence-electron chi connectivity index (χ0n) is 16.3. The van der Waals surface area contributed by atoms with E-state index >= 15 is 0 Å². The summed E-state index contributed by atoms with van der Waals surface area (Å²) in [7, 11) is 2.14. The van der Waals surface area contributed by atoms with E-state index in [2.05, 4.69) is 42.0 Å². The van der Waals surface area contributed by atoms with Crippen molar-refractivity contribution in [3.05, 3.63) is 77.9 Å². The van der Waals surface area contributed by atoms with Gasteiger partial charge < -0.3 is 10.2 Å². The summed E-state index contributed by atoms with van der Waals surface area (Å²) < 4.78 is 0. The van der Waals surface area contributed by atoms with Crippen LogP contribution in [0.5, 0.6) is 0 Å². The van der Waals surface area contributed by atoms with Gasteiger partial charge in [-0.25, -0.2) is 0 Å². The van der Waals surface area contributed by atoms with E-state index in [1.54, 1.807) is 0 Å². The van der Waals surface area contributed by atoms with Gasteiger partial charge in [0, 0.05) is 24.2 Å². The normalized spacial score (nSPS) is 15.4. The molecule has 3 heteroatoms. The molecule has 1 N–H and O–H groups in total. The topological polar surface area (TPSA) is 32.3 Å². The first-order chi connectivity index (χ1) is 13.2. The molecule has 1 unspecified atom stereocenters. The Balaban J connectivity index is 1.48. The van der Waals surface area contributed by atoms with Crippen molar-refractivity contribution in [1.82, 2.24) is 4.90 Å². The fourth-order valence-electron chi connectivity index (χ4n) is 3.73. The van der Waals surface area contributed by atoms with Crippen LogP contribution in [-0.4, -0.2) is 36.9 Å². The lowest BCUT2D eigenvalue weighted by atomic mass is 9.99. The van der Waals surface area contributed by atoms with Crippen LogP contribution in [0.4, 0.5) is 5.69 Å². The maximum absolute atomic E-state index is 12.7. The van der Waals surface area contributed by atoms with E-state index in [0.717, 1.165) is 37.2 Å². The summed E-state index contributed by atoms with van der Waals surface area (Å²) in [6.45, 7) is 5.87. The van der Waals surface area contributed by atoms with Crippen LogP contribution in [0.3, 0.4) is 0 Å². The lowest BCUT2D eigenvalue weighted by Gasteiger charge is -2.13. The average molecular weight is 363 g/mol.